The summed E-state index contributed by atoms with van der Waals surface area (Å²) in [6.45, 7) is 0.372. The molecular weight excluding hydrogens is 226 g/mol. The molecule has 3 nitrogen and oxygen atoms in total. The first kappa shape index (κ1) is 12.6. The smallest absolute Gasteiger partial charge is 0.150 e. The average Bonchev–Trinajstić information content (AvgIpc) is 2.39. The van der Waals surface area contributed by atoms with Gasteiger partial charge in [-0.25, -0.2) is 0 Å². The second kappa shape index (κ2) is 6.20. The molecule has 2 rings (SSSR count). The molecule has 3 heteroatoms. The van der Waals surface area contributed by atoms with E-state index in [1.165, 1.54) is 24.0 Å². The Bertz CT molecular complexity index is 474. The van der Waals surface area contributed by atoms with Gasteiger partial charge < -0.3 is 4.74 Å². The van der Waals surface area contributed by atoms with Crippen molar-refractivity contribution < 1.29 is 9.53 Å². The number of nitrogens with zero attached hydrogens (tertiary/aromatic N) is 1. The van der Waals surface area contributed by atoms with Crippen molar-refractivity contribution >= 4 is 5.78 Å². The van der Waals surface area contributed by atoms with Gasteiger partial charge in [0.2, 0.25) is 0 Å². The first-order valence-electron chi connectivity index (χ1n) is 6.43. The van der Waals surface area contributed by atoms with Crippen LogP contribution in [0, 0.1) is 11.3 Å². The van der Waals surface area contributed by atoms with Crippen molar-refractivity contribution in [2.24, 2.45) is 0 Å². The molecule has 1 aromatic carbocycles. The van der Waals surface area contributed by atoms with E-state index in [2.05, 4.69) is 6.07 Å². The fourth-order valence-corrected chi connectivity index (χ4v) is 2.33. The van der Waals surface area contributed by atoms with Gasteiger partial charge in [0, 0.05) is 6.42 Å². The fourth-order valence-electron chi connectivity index (χ4n) is 2.33. The van der Waals surface area contributed by atoms with Crippen LogP contribution in [-0.4, -0.2) is 12.4 Å². The van der Waals surface area contributed by atoms with Crippen molar-refractivity contribution in [2.45, 2.75) is 38.5 Å². The number of carbonyl (C=O) groups is 1. The summed E-state index contributed by atoms with van der Waals surface area (Å²) in [5.74, 6) is 0.860. The number of Topliss-reactive ketones (excluding diaryl/α,β-unsaturated/α-hetero) is 1. The number of fused-ring (bicyclic) bond motifs is 1. The predicted molar refractivity (Wildman–Crippen MR) is 68.4 cm³/mol. The van der Waals surface area contributed by atoms with Crippen LogP contribution in [0.2, 0.25) is 0 Å². The van der Waals surface area contributed by atoms with Gasteiger partial charge in [-0.2, -0.15) is 5.26 Å². The minimum absolute atomic E-state index is 0.0176. The number of rotatable bonds is 5. The minimum atomic E-state index is -0.0534. The van der Waals surface area contributed by atoms with Gasteiger partial charge >= 0.3 is 0 Å². The van der Waals surface area contributed by atoms with Gasteiger partial charge in [0.05, 0.1) is 19.1 Å². The number of ether oxygens (including phenoxy) is 1. The van der Waals surface area contributed by atoms with Gasteiger partial charge in [-0.05, 0) is 42.9 Å². The minimum Gasteiger partial charge on any atom is -0.493 e. The largest absolute Gasteiger partial charge is 0.493 e. The van der Waals surface area contributed by atoms with Crippen LogP contribution in [0.25, 0.3) is 0 Å². The zero-order valence-corrected chi connectivity index (χ0v) is 10.4. The summed E-state index contributed by atoms with van der Waals surface area (Å²) in [4.78, 5) is 11.2. The molecule has 0 N–H and O–H groups in total. The normalized spacial score (nSPS) is 13.5. The maximum Gasteiger partial charge on any atom is 0.150 e. The van der Waals surface area contributed by atoms with Gasteiger partial charge in [-0.15, -0.1) is 0 Å². The molecule has 18 heavy (non-hydrogen) atoms. The van der Waals surface area contributed by atoms with Crippen LogP contribution in [0.1, 0.15) is 36.8 Å². The molecule has 0 bridgehead atoms. The quantitative estimate of drug-likeness (QED) is 0.799. The molecule has 94 valence electrons. The van der Waals surface area contributed by atoms with Gasteiger partial charge in [0.15, 0.2) is 0 Å². The Balaban J connectivity index is 1.94. The highest BCUT2D eigenvalue weighted by atomic mass is 16.5. The van der Waals surface area contributed by atoms with Crippen molar-refractivity contribution in [3.05, 3.63) is 29.3 Å². The number of nitriles is 1. The predicted octanol–water partition coefficient (Wildman–Crippen LogP) is 2.82. The zero-order chi connectivity index (χ0) is 12.8. The molecule has 0 saturated heterocycles. The summed E-state index contributed by atoms with van der Waals surface area (Å²) in [7, 11) is 0. The lowest BCUT2D eigenvalue weighted by atomic mass is 9.91. The lowest BCUT2D eigenvalue weighted by Gasteiger charge is -2.19. The topological polar surface area (TPSA) is 50.1 Å². The van der Waals surface area contributed by atoms with E-state index >= 15 is 0 Å². The third-order valence-electron chi connectivity index (χ3n) is 3.27. The van der Waals surface area contributed by atoms with Gasteiger partial charge in [-0.1, -0.05) is 12.1 Å². The summed E-state index contributed by atoms with van der Waals surface area (Å²) in [6, 6.07) is 8.00. The van der Waals surface area contributed by atoms with Crippen LogP contribution in [0.5, 0.6) is 5.75 Å². The molecule has 0 radical (unpaired) electrons. The summed E-state index contributed by atoms with van der Waals surface area (Å²) < 4.78 is 5.69. The number of aryl methyl sites for hydroxylation is 1. The highest BCUT2D eigenvalue weighted by Gasteiger charge is 2.13. The fraction of sp³-hybridized carbons (Fsp3) is 0.467. The molecule has 0 amide bonds. The van der Waals surface area contributed by atoms with Crippen molar-refractivity contribution in [2.75, 3.05) is 6.61 Å². The van der Waals surface area contributed by atoms with E-state index in [9.17, 15) is 4.79 Å². The molecule has 0 atom stereocenters. The standard InChI is InChI=1S/C15H17NO2/c16-10-8-13(17)9-11-18-15-7-3-5-12-4-1-2-6-14(12)15/h3,5,7H,1-2,4,6,8-9,11H2. The van der Waals surface area contributed by atoms with Crippen LogP contribution in [0.15, 0.2) is 18.2 Å². The van der Waals surface area contributed by atoms with Crippen LogP contribution >= 0.6 is 0 Å². The molecule has 0 aliphatic heterocycles. The number of carbonyl (C=O) groups excluding carboxylic acids is 1. The van der Waals surface area contributed by atoms with E-state index in [0.717, 1.165) is 18.6 Å². The molecular formula is C15H17NO2. The van der Waals surface area contributed by atoms with E-state index in [1.54, 1.807) is 0 Å². The lowest BCUT2D eigenvalue weighted by Crippen LogP contribution is -2.09. The molecule has 0 spiro atoms. The number of ketones is 1. The molecule has 1 aromatic rings. The third kappa shape index (κ3) is 3.10. The van der Waals surface area contributed by atoms with Crippen molar-refractivity contribution in [3.63, 3.8) is 0 Å². The average molecular weight is 243 g/mol. The van der Waals surface area contributed by atoms with Crippen LogP contribution in [0.4, 0.5) is 0 Å². The molecule has 1 aliphatic rings. The highest BCUT2D eigenvalue weighted by Crippen LogP contribution is 2.29. The third-order valence-corrected chi connectivity index (χ3v) is 3.27. The van der Waals surface area contributed by atoms with E-state index in [1.807, 2.05) is 18.2 Å². The number of hydrogen-bond donors (Lipinski definition) is 0. The maximum atomic E-state index is 11.2. The van der Waals surface area contributed by atoms with E-state index < -0.39 is 0 Å². The molecule has 0 fully saturated rings. The summed E-state index contributed by atoms with van der Waals surface area (Å²) in [5, 5.41) is 8.40. The Morgan fingerprint density at radius 1 is 1.33 bits per heavy atom. The summed E-state index contributed by atoms with van der Waals surface area (Å²) >= 11 is 0. The van der Waals surface area contributed by atoms with E-state index in [-0.39, 0.29) is 12.2 Å². The van der Waals surface area contributed by atoms with Gasteiger partial charge in [0.25, 0.3) is 0 Å². The van der Waals surface area contributed by atoms with E-state index in [0.29, 0.717) is 13.0 Å². The monoisotopic (exact) mass is 243 g/mol. The summed E-state index contributed by atoms with van der Waals surface area (Å²) in [6.07, 6.45) is 4.95. The SMILES string of the molecule is N#CCC(=O)CCOc1cccc2c1CCCC2. The number of benzene rings is 1. The van der Waals surface area contributed by atoms with Gasteiger partial charge in [0.1, 0.15) is 11.5 Å². The second-order valence-electron chi connectivity index (χ2n) is 4.57. The van der Waals surface area contributed by atoms with Crippen LogP contribution in [-0.2, 0) is 17.6 Å². The van der Waals surface area contributed by atoms with E-state index in [4.69, 9.17) is 10.00 Å². The first-order valence-corrected chi connectivity index (χ1v) is 6.43. The van der Waals surface area contributed by atoms with Crippen molar-refractivity contribution in [1.82, 2.24) is 0 Å². The molecule has 0 heterocycles. The number of hydrogen-bond acceptors (Lipinski definition) is 3. The van der Waals surface area contributed by atoms with Crippen molar-refractivity contribution in [3.8, 4) is 11.8 Å². The second-order valence-corrected chi connectivity index (χ2v) is 4.57. The Morgan fingerprint density at radius 3 is 3.00 bits per heavy atom. The Hall–Kier alpha value is -1.82. The van der Waals surface area contributed by atoms with Crippen molar-refractivity contribution in [1.29, 1.82) is 5.26 Å². The Kier molecular flexibility index (Phi) is 4.35. The van der Waals surface area contributed by atoms with Crippen LogP contribution < -0.4 is 4.74 Å². The van der Waals surface area contributed by atoms with Crippen LogP contribution in [0.3, 0.4) is 0 Å². The molecule has 1 aliphatic carbocycles. The van der Waals surface area contributed by atoms with Gasteiger partial charge in [-0.3, -0.25) is 4.79 Å². The first-order chi connectivity index (χ1) is 8.81. The zero-order valence-electron chi connectivity index (χ0n) is 10.4. The summed E-state index contributed by atoms with van der Waals surface area (Å²) in [5.41, 5.74) is 2.68. The Morgan fingerprint density at radius 2 is 2.17 bits per heavy atom. The molecule has 0 unspecified atom stereocenters. The highest BCUT2D eigenvalue weighted by molar-refractivity contribution is 5.80. The maximum absolute atomic E-state index is 11.2. The molecule has 0 aromatic heterocycles. The molecule has 0 saturated carbocycles. The lowest BCUT2D eigenvalue weighted by molar-refractivity contribution is -0.118. The Labute approximate surface area is 107 Å².